The minimum absolute atomic E-state index is 0.0795. The van der Waals surface area contributed by atoms with Gasteiger partial charge in [-0.1, -0.05) is 23.7 Å². The van der Waals surface area contributed by atoms with Gasteiger partial charge in [-0.15, -0.1) is 11.3 Å². The number of thiophene rings is 1. The Kier molecular flexibility index (Phi) is 7.66. The van der Waals surface area contributed by atoms with Crippen molar-refractivity contribution < 1.29 is 40.1 Å². The van der Waals surface area contributed by atoms with E-state index in [1.165, 1.54) is 11.3 Å². The molecule has 3 rings (SSSR count). The molecule has 9 heteroatoms. The molecule has 8 atom stereocenters. The van der Waals surface area contributed by atoms with E-state index < -0.39 is 48.8 Å². The summed E-state index contributed by atoms with van der Waals surface area (Å²) < 4.78 is 10.9. The first-order valence-corrected chi connectivity index (χ1v) is 10.1. The molecule has 0 amide bonds. The third-order valence-corrected chi connectivity index (χ3v) is 5.71. The van der Waals surface area contributed by atoms with E-state index in [1.807, 2.05) is 0 Å². The molecular formula is C20H24O8S. The first-order valence-electron chi connectivity index (χ1n) is 9.29. The third-order valence-electron chi connectivity index (χ3n) is 4.80. The van der Waals surface area contributed by atoms with Crippen LogP contribution in [0.5, 0.6) is 0 Å². The predicted molar refractivity (Wildman–Crippen MR) is 103 cm³/mol. The van der Waals surface area contributed by atoms with Crippen molar-refractivity contribution in [3.8, 4) is 23.7 Å². The number of rotatable bonds is 2. The highest BCUT2D eigenvalue weighted by molar-refractivity contribution is 7.13. The standard InChI is InChI=1S/C20H24O8S/c21-9-11-7-16(25)20(26)18(27-11)6-4-13-2-1-12(29-13)3-5-17-14(23)8-15(24)19(10-22)28-17/h1-2,11,14-26H,7-10H2/t11?,14-,15?,16?,17?,18?,19+,20?/m0/s1. The zero-order valence-corrected chi connectivity index (χ0v) is 16.3. The fourth-order valence-electron chi connectivity index (χ4n) is 3.14. The zero-order chi connectivity index (χ0) is 21.0. The van der Waals surface area contributed by atoms with Crippen LogP contribution in [0.15, 0.2) is 12.1 Å². The van der Waals surface area contributed by atoms with E-state index in [1.54, 1.807) is 12.1 Å². The Labute approximate surface area is 172 Å². The van der Waals surface area contributed by atoms with Crippen molar-refractivity contribution in [2.24, 2.45) is 0 Å². The van der Waals surface area contributed by atoms with Gasteiger partial charge in [0.1, 0.15) is 24.4 Å². The molecule has 0 saturated carbocycles. The molecular weight excluding hydrogens is 400 g/mol. The molecule has 1 aromatic rings. The smallest absolute Gasteiger partial charge is 0.147 e. The summed E-state index contributed by atoms with van der Waals surface area (Å²) in [5, 5.41) is 57.9. The molecule has 2 saturated heterocycles. The lowest BCUT2D eigenvalue weighted by Crippen LogP contribution is -2.48. The summed E-state index contributed by atoms with van der Waals surface area (Å²) in [5.41, 5.74) is 0. The van der Waals surface area contributed by atoms with Crippen molar-refractivity contribution in [3.63, 3.8) is 0 Å². The second kappa shape index (κ2) is 10.0. The van der Waals surface area contributed by atoms with E-state index in [0.717, 1.165) is 0 Å². The van der Waals surface area contributed by atoms with Crippen LogP contribution >= 0.6 is 11.3 Å². The SMILES string of the molecule is OCC1CC(O)C(O)C(C#Cc2ccc(C#CC3O[C@H](CO)C(O)C[C@@H]3O)s2)O1. The third kappa shape index (κ3) is 5.56. The van der Waals surface area contributed by atoms with Crippen LogP contribution < -0.4 is 0 Å². The second-order valence-electron chi connectivity index (χ2n) is 7.01. The maximum absolute atomic E-state index is 10.00. The molecule has 0 spiro atoms. The lowest BCUT2D eigenvalue weighted by molar-refractivity contribution is -0.160. The van der Waals surface area contributed by atoms with E-state index in [4.69, 9.17) is 9.47 Å². The van der Waals surface area contributed by atoms with Crippen LogP contribution in [0.25, 0.3) is 0 Å². The van der Waals surface area contributed by atoms with Crippen molar-refractivity contribution in [3.05, 3.63) is 21.9 Å². The Morgan fingerprint density at radius 3 is 2.10 bits per heavy atom. The van der Waals surface area contributed by atoms with Gasteiger partial charge in [0.15, 0.2) is 0 Å². The Morgan fingerprint density at radius 1 is 0.828 bits per heavy atom. The lowest BCUT2D eigenvalue weighted by atomic mass is 9.98. The Bertz CT molecular complexity index is 803. The molecule has 0 aliphatic carbocycles. The minimum Gasteiger partial charge on any atom is -0.394 e. The highest BCUT2D eigenvalue weighted by atomic mass is 32.1. The van der Waals surface area contributed by atoms with Crippen LogP contribution in [-0.2, 0) is 9.47 Å². The van der Waals surface area contributed by atoms with Gasteiger partial charge in [-0.3, -0.25) is 0 Å². The fourth-order valence-corrected chi connectivity index (χ4v) is 3.86. The van der Waals surface area contributed by atoms with E-state index in [9.17, 15) is 30.6 Å². The van der Waals surface area contributed by atoms with Gasteiger partial charge in [-0.25, -0.2) is 0 Å². The molecule has 6 N–H and O–H groups in total. The molecule has 1 aromatic heterocycles. The summed E-state index contributed by atoms with van der Waals surface area (Å²) in [6.07, 6.45) is -6.86. The Balaban J connectivity index is 1.65. The van der Waals surface area contributed by atoms with E-state index in [0.29, 0.717) is 9.75 Å². The average Bonchev–Trinajstić information content (AvgIpc) is 3.16. The minimum atomic E-state index is -1.15. The molecule has 0 bridgehead atoms. The highest BCUT2D eigenvalue weighted by Gasteiger charge is 2.36. The fraction of sp³-hybridized carbons (Fsp3) is 0.600. The normalized spacial score (nSPS) is 37.2. The maximum Gasteiger partial charge on any atom is 0.147 e. The molecule has 2 aliphatic heterocycles. The topological polar surface area (TPSA) is 140 Å². The van der Waals surface area contributed by atoms with Crippen molar-refractivity contribution in [1.29, 1.82) is 0 Å². The molecule has 0 radical (unpaired) electrons. The molecule has 29 heavy (non-hydrogen) atoms. The number of ether oxygens (including phenoxy) is 2. The van der Waals surface area contributed by atoms with Gasteiger partial charge in [-0.2, -0.15) is 0 Å². The van der Waals surface area contributed by atoms with Crippen LogP contribution in [0.3, 0.4) is 0 Å². The van der Waals surface area contributed by atoms with Crippen LogP contribution in [0.4, 0.5) is 0 Å². The van der Waals surface area contributed by atoms with Crippen molar-refractivity contribution >= 4 is 11.3 Å². The van der Waals surface area contributed by atoms with Gasteiger partial charge in [0.25, 0.3) is 0 Å². The van der Waals surface area contributed by atoms with Crippen LogP contribution in [0, 0.1) is 23.7 Å². The summed E-state index contributed by atoms with van der Waals surface area (Å²) in [7, 11) is 0. The summed E-state index contributed by atoms with van der Waals surface area (Å²) in [6, 6.07) is 3.49. The average molecular weight is 424 g/mol. The van der Waals surface area contributed by atoms with E-state index in [2.05, 4.69) is 23.7 Å². The molecule has 158 valence electrons. The number of aliphatic hydroxyl groups is 6. The Morgan fingerprint density at radius 2 is 1.48 bits per heavy atom. The van der Waals surface area contributed by atoms with Gasteiger partial charge in [0.2, 0.25) is 0 Å². The predicted octanol–water partition coefficient (Wildman–Crippen LogP) is -1.81. The number of aliphatic hydroxyl groups excluding tert-OH is 6. The van der Waals surface area contributed by atoms with Gasteiger partial charge < -0.3 is 40.1 Å². The molecule has 2 fully saturated rings. The van der Waals surface area contributed by atoms with Gasteiger partial charge in [-0.05, 0) is 12.1 Å². The summed E-state index contributed by atoms with van der Waals surface area (Å²) in [4.78, 5) is 1.34. The van der Waals surface area contributed by atoms with Crippen molar-refractivity contribution in [1.82, 2.24) is 0 Å². The summed E-state index contributed by atoms with van der Waals surface area (Å²) in [6.45, 7) is -0.615. The maximum atomic E-state index is 10.00. The van der Waals surface area contributed by atoms with Crippen LogP contribution in [0.1, 0.15) is 22.6 Å². The van der Waals surface area contributed by atoms with Crippen LogP contribution in [0.2, 0.25) is 0 Å². The van der Waals surface area contributed by atoms with E-state index >= 15 is 0 Å². The monoisotopic (exact) mass is 424 g/mol. The van der Waals surface area contributed by atoms with Crippen molar-refractivity contribution in [2.75, 3.05) is 13.2 Å². The highest BCUT2D eigenvalue weighted by Crippen LogP contribution is 2.22. The Hall–Kier alpha value is -1.50. The van der Waals surface area contributed by atoms with Crippen molar-refractivity contribution in [2.45, 2.75) is 61.7 Å². The van der Waals surface area contributed by atoms with E-state index in [-0.39, 0.29) is 26.1 Å². The summed E-state index contributed by atoms with van der Waals surface area (Å²) in [5.74, 6) is 11.4. The lowest BCUT2D eigenvalue weighted by Gasteiger charge is -2.33. The quantitative estimate of drug-likeness (QED) is 0.306. The zero-order valence-electron chi connectivity index (χ0n) is 15.5. The molecule has 6 unspecified atom stereocenters. The van der Waals surface area contributed by atoms with Crippen LogP contribution in [-0.4, -0.2) is 92.7 Å². The summed E-state index contributed by atoms with van der Waals surface area (Å²) >= 11 is 1.29. The molecule has 0 aromatic carbocycles. The first kappa shape index (κ1) is 22.2. The van der Waals surface area contributed by atoms with Gasteiger partial charge >= 0.3 is 0 Å². The van der Waals surface area contributed by atoms with Gasteiger partial charge in [0, 0.05) is 12.8 Å². The number of hydrogen-bond acceptors (Lipinski definition) is 9. The molecule has 3 heterocycles. The first-order chi connectivity index (χ1) is 13.9. The van der Waals surface area contributed by atoms with Gasteiger partial charge in [0.05, 0.1) is 47.4 Å². The molecule has 2 aliphatic rings. The largest absolute Gasteiger partial charge is 0.394 e. The number of hydrogen-bond donors (Lipinski definition) is 6. The second-order valence-corrected chi connectivity index (χ2v) is 8.09. The molecule has 8 nitrogen and oxygen atoms in total.